The van der Waals surface area contributed by atoms with Crippen LogP contribution in [-0.4, -0.2) is 22.7 Å². The van der Waals surface area contributed by atoms with Gasteiger partial charge in [0, 0.05) is 6.07 Å². The molecular weight excluding hydrogens is 364 g/mol. The maximum absolute atomic E-state index is 11.1. The SMILES string of the molecule is CCCOc1ccc(/C=N/Nc2ccc([N+](=O)[O-])cc2[N+](=O)[O-])cc1Cl. The number of ether oxygens (including phenoxy) is 1. The smallest absolute Gasteiger partial charge is 0.301 e. The lowest BCUT2D eigenvalue weighted by Crippen LogP contribution is -1.99. The van der Waals surface area contributed by atoms with Gasteiger partial charge in [-0.2, -0.15) is 5.10 Å². The van der Waals surface area contributed by atoms with Gasteiger partial charge in [-0.05, 0) is 36.2 Å². The van der Waals surface area contributed by atoms with E-state index in [1.807, 2.05) is 6.92 Å². The van der Waals surface area contributed by atoms with Crippen LogP contribution in [0.4, 0.5) is 17.1 Å². The van der Waals surface area contributed by atoms with Crippen LogP contribution < -0.4 is 10.2 Å². The quantitative estimate of drug-likeness (QED) is 0.413. The Kier molecular flexibility index (Phi) is 6.45. The number of halogens is 1. The van der Waals surface area contributed by atoms with E-state index in [0.717, 1.165) is 18.6 Å². The summed E-state index contributed by atoms with van der Waals surface area (Å²) in [6.45, 7) is 2.54. The van der Waals surface area contributed by atoms with Crippen LogP contribution in [0.3, 0.4) is 0 Å². The number of hydrogen-bond donors (Lipinski definition) is 1. The maximum atomic E-state index is 11.1. The third-order valence-electron chi connectivity index (χ3n) is 3.21. The zero-order valence-electron chi connectivity index (χ0n) is 13.7. The predicted octanol–water partition coefficient (Wildman–Crippen LogP) is 4.39. The van der Waals surface area contributed by atoms with E-state index in [1.165, 1.54) is 12.3 Å². The Hall–Kier alpha value is -3.20. The van der Waals surface area contributed by atoms with Crippen molar-refractivity contribution in [2.75, 3.05) is 12.0 Å². The largest absolute Gasteiger partial charge is 0.492 e. The summed E-state index contributed by atoms with van der Waals surface area (Å²) in [5.41, 5.74) is 2.37. The first-order chi connectivity index (χ1) is 12.4. The van der Waals surface area contributed by atoms with Crippen molar-refractivity contribution in [3.63, 3.8) is 0 Å². The first kappa shape index (κ1) is 19.1. The van der Waals surface area contributed by atoms with Crippen molar-refractivity contribution >= 4 is 34.9 Å². The lowest BCUT2D eigenvalue weighted by atomic mass is 10.2. The van der Waals surface area contributed by atoms with Crippen molar-refractivity contribution in [3.05, 3.63) is 67.2 Å². The zero-order valence-corrected chi connectivity index (χ0v) is 14.5. The van der Waals surface area contributed by atoms with Crippen LogP contribution in [0.25, 0.3) is 0 Å². The number of nitro groups is 2. The minimum atomic E-state index is -0.721. The van der Waals surface area contributed by atoms with E-state index in [0.29, 0.717) is 22.9 Å². The standard InChI is InChI=1S/C16H15ClN4O5/c1-2-7-26-16-6-3-11(8-13(16)17)10-18-19-14-5-4-12(20(22)23)9-15(14)21(24)25/h3-6,8-10,19H,2,7H2,1H3/b18-10+. The van der Waals surface area contributed by atoms with Gasteiger partial charge >= 0.3 is 5.69 Å². The van der Waals surface area contributed by atoms with Crippen LogP contribution in [-0.2, 0) is 0 Å². The number of non-ortho nitro benzene ring substituents is 1. The molecule has 10 heteroatoms. The highest BCUT2D eigenvalue weighted by molar-refractivity contribution is 6.32. The summed E-state index contributed by atoms with van der Waals surface area (Å²) in [6.07, 6.45) is 2.28. The van der Waals surface area contributed by atoms with Crippen molar-refractivity contribution in [1.82, 2.24) is 0 Å². The first-order valence-electron chi connectivity index (χ1n) is 7.56. The monoisotopic (exact) mass is 378 g/mol. The Morgan fingerprint density at radius 3 is 2.58 bits per heavy atom. The van der Waals surface area contributed by atoms with E-state index < -0.39 is 15.5 Å². The minimum Gasteiger partial charge on any atom is -0.492 e. The van der Waals surface area contributed by atoms with E-state index in [9.17, 15) is 20.2 Å². The van der Waals surface area contributed by atoms with Gasteiger partial charge in [-0.15, -0.1) is 0 Å². The molecular formula is C16H15ClN4O5. The summed E-state index contributed by atoms with van der Waals surface area (Å²) in [4.78, 5) is 20.4. The number of hydrogen-bond acceptors (Lipinski definition) is 7. The molecule has 0 atom stereocenters. The fraction of sp³-hybridized carbons (Fsp3) is 0.188. The zero-order chi connectivity index (χ0) is 19.1. The van der Waals surface area contributed by atoms with Gasteiger partial charge in [0.1, 0.15) is 11.4 Å². The van der Waals surface area contributed by atoms with Gasteiger partial charge in [0.05, 0.1) is 33.8 Å². The van der Waals surface area contributed by atoms with Crippen LogP contribution in [0.1, 0.15) is 18.9 Å². The Bertz CT molecular complexity index is 857. The predicted molar refractivity (Wildman–Crippen MR) is 98.2 cm³/mol. The molecule has 0 spiro atoms. The molecule has 0 unspecified atom stereocenters. The Balaban J connectivity index is 2.14. The summed E-state index contributed by atoms with van der Waals surface area (Å²) < 4.78 is 5.47. The summed E-state index contributed by atoms with van der Waals surface area (Å²) in [5, 5.41) is 26.1. The van der Waals surface area contributed by atoms with E-state index in [-0.39, 0.29) is 11.4 Å². The number of hydrazone groups is 1. The second-order valence-electron chi connectivity index (χ2n) is 5.12. The first-order valence-corrected chi connectivity index (χ1v) is 7.94. The molecule has 0 fully saturated rings. The number of rotatable bonds is 8. The lowest BCUT2D eigenvalue weighted by molar-refractivity contribution is -0.393. The molecule has 1 N–H and O–H groups in total. The van der Waals surface area contributed by atoms with Gasteiger partial charge in [0.2, 0.25) is 0 Å². The Morgan fingerprint density at radius 2 is 1.96 bits per heavy atom. The normalized spacial score (nSPS) is 10.7. The third kappa shape index (κ3) is 4.90. The number of nitro benzene ring substituents is 2. The maximum Gasteiger partial charge on any atom is 0.301 e. The van der Waals surface area contributed by atoms with Gasteiger partial charge < -0.3 is 4.74 Å². The molecule has 2 rings (SSSR count). The van der Waals surface area contributed by atoms with E-state index in [1.54, 1.807) is 18.2 Å². The van der Waals surface area contributed by atoms with Crippen LogP contribution in [0, 0.1) is 20.2 Å². The highest BCUT2D eigenvalue weighted by atomic mass is 35.5. The Labute approximate surface area is 153 Å². The van der Waals surface area contributed by atoms with Crippen molar-refractivity contribution in [3.8, 4) is 5.75 Å². The summed E-state index contributed by atoms with van der Waals surface area (Å²) in [5.74, 6) is 0.560. The van der Waals surface area contributed by atoms with Gasteiger partial charge in [0.25, 0.3) is 5.69 Å². The molecule has 0 aliphatic carbocycles. The molecule has 0 heterocycles. The topological polar surface area (TPSA) is 120 Å². The number of nitrogens with zero attached hydrogens (tertiary/aromatic N) is 3. The van der Waals surface area contributed by atoms with Crippen molar-refractivity contribution in [2.24, 2.45) is 5.10 Å². The van der Waals surface area contributed by atoms with Gasteiger partial charge in [-0.1, -0.05) is 18.5 Å². The summed E-state index contributed by atoms with van der Waals surface area (Å²) in [6, 6.07) is 8.32. The van der Waals surface area contributed by atoms with Crippen LogP contribution in [0.2, 0.25) is 5.02 Å². The molecule has 26 heavy (non-hydrogen) atoms. The molecule has 0 saturated heterocycles. The second-order valence-corrected chi connectivity index (χ2v) is 5.53. The van der Waals surface area contributed by atoms with Crippen LogP contribution >= 0.6 is 11.6 Å². The van der Waals surface area contributed by atoms with Gasteiger partial charge in [-0.25, -0.2) is 0 Å². The molecule has 0 aliphatic rings. The number of nitrogens with one attached hydrogen (secondary N) is 1. The molecule has 0 radical (unpaired) electrons. The summed E-state index contributed by atoms with van der Waals surface area (Å²) in [7, 11) is 0. The fourth-order valence-electron chi connectivity index (χ4n) is 1.98. The molecule has 0 bridgehead atoms. The average Bonchev–Trinajstić information content (AvgIpc) is 2.61. The Morgan fingerprint density at radius 1 is 1.19 bits per heavy atom. The van der Waals surface area contributed by atoms with E-state index in [2.05, 4.69) is 10.5 Å². The molecule has 0 aliphatic heterocycles. The van der Waals surface area contributed by atoms with Crippen LogP contribution in [0.5, 0.6) is 5.75 Å². The van der Waals surface area contributed by atoms with E-state index >= 15 is 0 Å². The molecule has 0 saturated carbocycles. The molecule has 2 aromatic rings. The average molecular weight is 379 g/mol. The van der Waals surface area contributed by atoms with Crippen molar-refractivity contribution in [1.29, 1.82) is 0 Å². The van der Waals surface area contributed by atoms with Crippen LogP contribution in [0.15, 0.2) is 41.5 Å². The minimum absolute atomic E-state index is 0.0332. The van der Waals surface area contributed by atoms with E-state index in [4.69, 9.17) is 16.3 Å². The van der Waals surface area contributed by atoms with Gasteiger partial charge in [0.15, 0.2) is 0 Å². The number of benzene rings is 2. The highest BCUT2D eigenvalue weighted by Crippen LogP contribution is 2.29. The molecule has 0 amide bonds. The van der Waals surface area contributed by atoms with Gasteiger partial charge in [-0.3, -0.25) is 25.7 Å². The van der Waals surface area contributed by atoms with Crippen molar-refractivity contribution in [2.45, 2.75) is 13.3 Å². The number of anilines is 1. The summed E-state index contributed by atoms with van der Waals surface area (Å²) >= 11 is 6.11. The molecule has 2 aromatic carbocycles. The fourth-order valence-corrected chi connectivity index (χ4v) is 2.23. The third-order valence-corrected chi connectivity index (χ3v) is 3.50. The second kappa shape index (κ2) is 8.77. The highest BCUT2D eigenvalue weighted by Gasteiger charge is 2.19. The molecule has 9 nitrogen and oxygen atoms in total. The van der Waals surface area contributed by atoms with Crippen molar-refractivity contribution < 1.29 is 14.6 Å². The molecule has 0 aromatic heterocycles. The lowest BCUT2D eigenvalue weighted by Gasteiger charge is -2.07. The molecule has 136 valence electrons.